The fourth-order valence-electron chi connectivity index (χ4n) is 2.27. The van der Waals surface area contributed by atoms with Crippen molar-refractivity contribution in [2.24, 2.45) is 0 Å². The molecule has 9 heteroatoms. The molecule has 0 radical (unpaired) electrons. The maximum absolute atomic E-state index is 12.4. The number of anilines is 1. The number of hydrogen-bond acceptors (Lipinski definition) is 5. The minimum absolute atomic E-state index is 0.275. The van der Waals surface area contributed by atoms with Gasteiger partial charge in [-0.1, -0.05) is 12.1 Å². The number of nitrogens with zero attached hydrogens (tertiary/aromatic N) is 3. The van der Waals surface area contributed by atoms with Crippen molar-refractivity contribution in [1.82, 2.24) is 20.1 Å². The molecule has 2 N–H and O–H groups in total. The van der Waals surface area contributed by atoms with Crippen LogP contribution < -0.4 is 10.6 Å². The number of hydrogen-bond donors (Lipinski definition) is 2. The molecule has 2 aromatic heterocycles. The van der Waals surface area contributed by atoms with Crippen molar-refractivity contribution in [3.63, 3.8) is 0 Å². The van der Waals surface area contributed by atoms with E-state index in [4.69, 9.17) is 0 Å². The molecule has 2 amide bonds. The van der Waals surface area contributed by atoms with Crippen molar-refractivity contribution in [2.75, 3.05) is 5.32 Å². The largest absolute Gasteiger partial charge is 0.340 e. The molecule has 26 heavy (non-hydrogen) atoms. The highest BCUT2D eigenvalue weighted by Gasteiger charge is 2.18. The zero-order valence-electron chi connectivity index (χ0n) is 13.8. The summed E-state index contributed by atoms with van der Waals surface area (Å²) in [7, 11) is 0. The highest BCUT2D eigenvalue weighted by molar-refractivity contribution is 9.11. The Hall–Kier alpha value is -2.52. The summed E-state index contributed by atoms with van der Waals surface area (Å²) >= 11 is 4.63. The molecule has 2 heterocycles. The standard InChI is InChI=1S/C17H16BrN5O2S/c1-11(21-17(25)14-5-6-15(18)26-14)16(24)22-13-4-2-3-12(7-13)8-23-10-19-9-20-23/h2-7,9-11H,8H2,1H3,(H,21,25)(H,22,24). The van der Waals surface area contributed by atoms with Gasteiger partial charge >= 0.3 is 0 Å². The molecule has 1 aromatic carbocycles. The van der Waals surface area contributed by atoms with Gasteiger partial charge < -0.3 is 10.6 Å². The van der Waals surface area contributed by atoms with Gasteiger partial charge in [0.05, 0.1) is 15.2 Å². The first-order chi connectivity index (χ1) is 12.5. The topological polar surface area (TPSA) is 88.9 Å². The molecule has 0 saturated heterocycles. The van der Waals surface area contributed by atoms with Crippen LogP contribution in [0.5, 0.6) is 0 Å². The van der Waals surface area contributed by atoms with E-state index in [0.717, 1.165) is 9.35 Å². The van der Waals surface area contributed by atoms with Crippen molar-refractivity contribution >= 4 is 44.8 Å². The van der Waals surface area contributed by atoms with Gasteiger partial charge in [-0.2, -0.15) is 5.10 Å². The molecule has 0 spiro atoms. The number of carbonyl (C=O) groups is 2. The first-order valence-corrected chi connectivity index (χ1v) is 9.40. The summed E-state index contributed by atoms with van der Waals surface area (Å²) in [6, 6.07) is 10.3. The highest BCUT2D eigenvalue weighted by Crippen LogP contribution is 2.22. The van der Waals surface area contributed by atoms with Crippen molar-refractivity contribution < 1.29 is 9.59 Å². The summed E-state index contributed by atoms with van der Waals surface area (Å²) in [5.74, 6) is -0.560. The lowest BCUT2D eigenvalue weighted by Gasteiger charge is -2.14. The third-order valence-corrected chi connectivity index (χ3v) is 5.17. The lowest BCUT2D eigenvalue weighted by Crippen LogP contribution is -2.41. The number of nitrogens with one attached hydrogen (secondary N) is 2. The Kier molecular flexibility index (Phi) is 5.79. The fourth-order valence-corrected chi connectivity index (χ4v) is 3.56. The minimum atomic E-state index is -0.664. The van der Waals surface area contributed by atoms with Crippen LogP contribution in [-0.4, -0.2) is 32.6 Å². The third-order valence-electron chi connectivity index (χ3n) is 3.54. The average molecular weight is 434 g/mol. The fraction of sp³-hybridized carbons (Fsp3) is 0.176. The third kappa shape index (κ3) is 4.77. The van der Waals surface area contributed by atoms with Gasteiger partial charge in [0.25, 0.3) is 5.91 Å². The molecule has 0 aliphatic heterocycles. The molecule has 0 fully saturated rings. The second-order valence-corrected chi connectivity index (χ2v) is 8.04. The van der Waals surface area contributed by atoms with E-state index < -0.39 is 6.04 Å². The highest BCUT2D eigenvalue weighted by atomic mass is 79.9. The van der Waals surface area contributed by atoms with Crippen LogP contribution in [0.25, 0.3) is 0 Å². The van der Waals surface area contributed by atoms with Crippen molar-refractivity contribution in [3.05, 3.63) is 63.3 Å². The number of halogens is 1. The SMILES string of the molecule is CC(NC(=O)c1ccc(Br)s1)C(=O)Nc1cccc(Cn2cncn2)c1. The molecule has 1 unspecified atom stereocenters. The Morgan fingerprint density at radius 2 is 2.15 bits per heavy atom. The Labute approximate surface area is 162 Å². The molecular weight excluding hydrogens is 418 g/mol. The number of benzene rings is 1. The van der Waals surface area contributed by atoms with E-state index in [1.807, 2.05) is 18.2 Å². The van der Waals surface area contributed by atoms with Crippen molar-refractivity contribution in [3.8, 4) is 0 Å². The minimum Gasteiger partial charge on any atom is -0.340 e. The molecule has 3 rings (SSSR count). The monoisotopic (exact) mass is 433 g/mol. The molecule has 0 bridgehead atoms. The summed E-state index contributed by atoms with van der Waals surface area (Å²) in [4.78, 5) is 28.9. The zero-order chi connectivity index (χ0) is 18.5. The molecule has 1 atom stereocenters. The van der Waals surface area contributed by atoms with Gasteiger partial charge in [-0.25, -0.2) is 9.67 Å². The van der Waals surface area contributed by atoms with Crippen LogP contribution >= 0.6 is 27.3 Å². The summed E-state index contributed by atoms with van der Waals surface area (Å²) in [6.45, 7) is 2.21. The van der Waals surface area contributed by atoms with Crippen LogP contribution in [0.1, 0.15) is 22.2 Å². The maximum Gasteiger partial charge on any atom is 0.262 e. The van der Waals surface area contributed by atoms with E-state index in [2.05, 4.69) is 36.6 Å². The summed E-state index contributed by atoms with van der Waals surface area (Å²) < 4.78 is 2.56. The Morgan fingerprint density at radius 1 is 1.31 bits per heavy atom. The van der Waals surface area contributed by atoms with Gasteiger partial charge in [0.2, 0.25) is 5.91 Å². The molecule has 134 valence electrons. The number of amides is 2. The van der Waals surface area contributed by atoms with E-state index in [1.54, 1.807) is 36.1 Å². The number of thiophene rings is 1. The van der Waals surface area contributed by atoms with Gasteiger partial charge in [-0.15, -0.1) is 11.3 Å². The van der Waals surface area contributed by atoms with Gasteiger partial charge in [0.1, 0.15) is 18.7 Å². The number of rotatable bonds is 6. The van der Waals surface area contributed by atoms with Gasteiger partial charge in [0.15, 0.2) is 0 Å². The van der Waals surface area contributed by atoms with E-state index in [0.29, 0.717) is 17.1 Å². The Bertz CT molecular complexity index is 910. The first-order valence-electron chi connectivity index (χ1n) is 7.79. The van der Waals surface area contributed by atoms with E-state index >= 15 is 0 Å². The Morgan fingerprint density at radius 3 is 2.85 bits per heavy atom. The summed E-state index contributed by atoms with van der Waals surface area (Å²) in [5.41, 5.74) is 1.64. The lowest BCUT2D eigenvalue weighted by atomic mass is 10.2. The van der Waals surface area contributed by atoms with Crippen LogP contribution in [0.3, 0.4) is 0 Å². The van der Waals surface area contributed by atoms with Gasteiger partial charge in [-0.05, 0) is 52.7 Å². The summed E-state index contributed by atoms with van der Waals surface area (Å²) in [6.07, 6.45) is 3.11. The number of aromatic nitrogens is 3. The van der Waals surface area contributed by atoms with Crippen LogP contribution in [0.4, 0.5) is 5.69 Å². The predicted octanol–water partition coefficient (Wildman–Crippen LogP) is 2.91. The molecule has 0 saturated carbocycles. The number of carbonyl (C=O) groups excluding carboxylic acids is 2. The zero-order valence-corrected chi connectivity index (χ0v) is 16.3. The quantitative estimate of drug-likeness (QED) is 0.625. The average Bonchev–Trinajstić information content (AvgIpc) is 3.26. The maximum atomic E-state index is 12.4. The van der Waals surface area contributed by atoms with Crippen LogP contribution in [0.15, 0.2) is 52.8 Å². The molecule has 0 aliphatic rings. The molecule has 3 aromatic rings. The Balaban J connectivity index is 1.59. The molecular formula is C17H16BrN5O2S. The van der Waals surface area contributed by atoms with Crippen LogP contribution in [0, 0.1) is 0 Å². The van der Waals surface area contributed by atoms with Crippen LogP contribution in [-0.2, 0) is 11.3 Å². The normalized spacial score (nSPS) is 11.8. The second-order valence-electron chi connectivity index (χ2n) is 5.58. The first kappa shape index (κ1) is 18.3. The molecule has 0 aliphatic carbocycles. The van der Waals surface area contributed by atoms with E-state index in [1.165, 1.54) is 17.7 Å². The summed E-state index contributed by atoms with van der Waals surface area (Å²) in [5, 5.41) is 9.58. The molecule has 7 nitrogen and oxygen atoms in total. The predicted molar refractivity (Wildman–Crippen MR) is 103 cm³/mol. The van der Waals surface area contributed by atoms with E-state index in [-0.39, 0.29) is 11.8 Å². The smallest absolute Gasteiger partial charge is 0.262 e. The van der Waals surface area contributed by atoms with Gasteiger partial charge in [0, 0.05) is 5.69 Å². The second kappa shape index (κ2) is 8.24. The van der Waals surface area contributed by atoms with E-state index in [9.17, 15) is 9.59 Å². The lowest BCUT2D eigenvalue weighted by molar-refractivity contribution is -0.117. The van der Waals surface area contributed by atoms with Crippen molar-refractivity contribution in [1.29, 1.82) is 0 Å². The van der Waals surface area contributed by atoms with Crippen molar-refractivity contribution in [2.45, 2.75) is 19.5 Å². The van der Waals surface area contributed by atoms with Gasteiger partial charge in [-0.3, -0.25) is 9.59 Å². The van der Waals surface area contributed by atoms with Crippen LogP contribution in [0.2, 0.25) is 0 Å².